The van der Waals surface area contributed by atoms with Gasteiger partial charge in [-0.3, -0.25) is 4.68 Å². The Kier molecular flexibility index (Phi) is 3.30. The highest BCUT2D eigenvalue weighted by molar-refractivity contribution is 5.23. The number of rotatable bonds is 5. The molecule has 96 valence electrons. The lowest BCUT2D eigenvalue weighted by atomic mass is 9.99. The third-order valence-electron chi connectivity index (χ3n) is 4.08. The summed E-state index contributed by atoms with van der Waals surface area (Å²) in [5.41, 5.74) is 3.17. The van der Waals surface area contributed by atoms with Gasteiger partial charge in [0.05, 0.1) is 17.9 Å². The minimum absolute atomic E-state index is 0.470. The van der Waals surface area contributed by atoms with E-state index in [1.807, 2.05) is 10.9 Å². The monoisotopic (exact) mass is 235 g/mol. The van der Waals surface area contributed by atoms with E-state index in [2.05, 4.69) is 45.2 Å². The Labute approximate surface area is 105 Å². The van der Waals surface area contributed by atoms with E-state index in [9.17, 15) is 0 Å². The molecule has 1 aromatic heterocycles. The summed E-state index contributed by atoms with van der Waals surface area (Å²) in [5, 5.41) is 8.09. The Balaban J connectivity index is 2.22. The molecule has 1 aromatic rings. The van der Waals surface area contributed by atoms with Gasteiger partial charge in [-0.15, -0.1) is 0 Å². The van der Waals surface area contributed by atoms with Gasteiger partial charge < -0.3 is 5.32 Å². The van der Waals surface area contributed by atoms with Gasteiger partial charge in [-0.2, -0.15) is 5.10 Å². The number of hydrogen-bond donors (Lipinski definition) is 1. The summed E-state index contributed by atoms with van der Waals surface area (Å²) in [7, 11) is 2.05. The van der Waals surface area contributed by atoms with Crippen molar-refractivity contribution in [3.63, 3.8) is 0 Å². The van der Waals surface area contributed by atoms with Crippen molar-refractivity contribution >= 4 is 0 Å². The number of aromatic nitrogens is 2. The van der Waals surface area contributed by atoms with E-state index in [1.165, 1.54) is 24.1 Å². The molecule has 17 heavy (non-hydrogen) atoms. The quantitative estimate of drug-likeness (QED) is 0.850. The van der Waals surface area contributed by atoms with E-state index >= 15 is 0 Å². The Morgan fingerprint density at radius 1 is 1.59 bits per heavy atom. The Morgan fingerprint density at radius 2 is 2.24 bits per heavy atom. The van der Waals surface area contributed by atoms with Crippen molar-refractivity contribution in [1.29, 1.82) is 0 Å². The molecule has 0 amide bonds. The van der Waals surface area contributed by atoms with Crippen LogP contribution in [0.2, 0.25) is 0 Å². The molecule has 0 radical (unpaired) electrons. The summed E-state index contributed by atoms with van der Waals surface area (Å²) in [6, 6.07) is 0.470. The topological polar surface area (TPSA) is 29.9 Å². The van der Waals surface area contributed by atoms with Crippen LogP contribution < -0.4 is 5.32 Å². The highest BCUT2D eigenvalue weighted by atomic mass is 15.3. The van der Waals surface area contributed by atoms with Crippen molar-refractivity contribution in [2.24, 2.45) is 18.4 Å². The summed E-state index contributed by atoms with van der Waals surface area (Å²) in [5.74, 6) is 0.753. The van der Waals surface area contributed by atoms with Gasteiger partial charge in [0.1, 0.15) is 0 Å². The van der Waals surface area contributed by atoms with Gasteiger partial charge in [0, 0.05) is 7.05 Å². The van der Waals surface area contributed by atoms with Crippen molar-refractivity contribution in [3.8, 4) is 0 Å². The van der Waals surface area contributed by atoms with Crippen LogP contribution in [-0.4, -0.2) is 16.3 Å². The molecule has 1 aliphatic carbocycles. The molecule has 0 spiro atoms. The molecule has 0 aromatic carbocycles. The zero-order chi connectivity index (χ0) is 12.6. The lowest BCUT2D eigenvalue weighted by Crippen LogP contribution is -2.28. The second-order valence-corrected chi connectivity index (χ2v) is 6.07. The second-order valence-electron chi connectivity index (χ2n) is 6.07. The van der Waals surface area contributed by atoms with Crippen LogP contribution in [0.15, 0.2) is 6.20 Å². The molecule has 1 saturated carbocycles. The maximum atomic E-state index is 4.38. The Bertz CT molecular complexity index is 373. The van der Waals surface area contributed by atoms with Crippen LogP contribution in [0.4, 0.5) is 0 Å². The van der Waals surface area contributed by atoms with Crippen molar-refractivity contribution in [3.05, 3.63) is 17.5 Å². The average molecular weight is 235 g/mol. The largest absolute Gasteiger partial charge is 0.308 e. The van der Waals surface area contributed by atoms with E-state index < -0.39 is 0 Å². The number of aryl methyl sites for hydroxylation is 2. The first-order valence-electron chi connectivity index (χ1n) is 6.69. The first-order valence-corrected chi connectivity index (χ1v) is 6.69. The molecule has 3 heteroatoms. The van der Waals surface area contributed by atoms with Crippen molar-refractivity contribution in [2.45, 2.75) is 46.6 Å². The molecule has 0 bridgehead atoms. The van der Waals surface area contributed by atoms with Gasteiger partial charge in [0.15, 0.2) is 0 Å². The highest BCUT2D eigenvalue weighted by Gasteiger charge is 2.51. The third kappa shape index (κ3) is 2.39. The van der Waals surface area contributed by atoms with E-state index in [4.69, 9.17) is 0 Å². The predicted octanol–water partition coefficient (Wildman–Crippen LogP) is 2.82. The third-order valence-corrected chi connectivity index (χ3v) is 4.08. The SMILES string of the molecule is CCCNC(c1c(C)cnn1C)C1CC1(C)C. The van der Waals surface area contributed by atoms with Gasteiger partial charge in [-0.1, -0.05) is 20.8 Å². The summed E-state index contributed by atoms with van der Waals surface area (Å²) in [6.07, 6.45) is 4.48. The maximum Gasteiger partial charge on any atom is 0.0582 e. The molecular formula is C14H25N3. The van der Waals surface area contributed by atoms with Crippen LogP contribution in [-0.2, 0) is 7.05 Å². The van der Waals surface area contributed by atoms with Crippen LogP contribution in [0.5, 0.6) is 0 Å². The van der Waals surface area contributed by atoms with Crippen LogP contribution in [0.3, 0.4) is 0 Å². The molecule has 1 N–H and O–H groups in total. The zero-order valence-corrected chi connectivity index (χ0v) is 11.7. The van der Waals surface area contributed by atoms with Crippen LogP contribution in [0, 0.1) is 18.3 Å². The molecule has 3 nitrogen and oxygen atoms in total. The van der Waals surface area contributed by atoms with Crippen molar-refractivity contribution in [2.75, 3.05) is 6.54 Å². The molecule has 1 fully saturated rings. The summed E-state index contributed by atoms with van der Waals surface area (Å²) in [4.78, 5) is 0. The summed E-state index contributed by atoms with van der Waals surface area (Å²) < 4.78 is 2.04. The fourth-order valence-electron chi connectivity index (χ4n) is 2.81. The van der Waals surface area contributed by atoms with Gasteiger partial charge in [0.25, 0.3) is 0 Å². The van der Waals surface area contributed by atoms with E-state index in [1.54, 1.807) is 0 Å². The normalized spacial score (nSPS) is 23.7. The summed E-state index contributed by atoms with van der Waals surface area (Å²) >= 11 is 0. The van der Waals surface area contributed by atoms with Gasteiger partial charge in [-0.05, 0) is 43.2 Å². The molecular weight excluding hydrogens is 210 g/mol. The molecule has 0 saturated heterocycles. The zero-order valence-electron chi connectivity index (χ0n) is 11.7. The Morgan fingerprint density at radius 3 is 2.65 bits per heavy atom. The first kappa shape index (κ1) is 12.6. The highest BCUT2D eigenvalue weighted by Crippen LogP contribution is 2.57. The van der Waals surface area contributed by atoms with E-state index in [0.717, 1.165) is 12.5 Å². The van der Waals surface area contributed by atoms with Crippen LogP contribution >= 0.6 is 0 Å². The molecule has 2 unspecified atom stereocenters. The second kappa shape index (κ2) is 4.45. The van der Waals surface area contributed by atoms with Crippen LogP contribution in [0.25, 0.3) is 0 Å². The molecule has 2 rings (SSSR count). The van der Waals surface area contributed by atoms with E-state index in [0.29, 0.717) is 11.5 Å². The maximum absolute atomic E-state index is 4.38. The number of hydrogen-bond acceptors (Lipinski definition) is 2. The van der Waals surface area contributed by atoms with Crippen molar-refractivity contribution < 1.29 is 0 Å². The fraction of sp³-hybridized carbons (Fsp3) is 0.786. The first-order chi connectivity index (χ1) is 7.97. The molecule has 1 aliphatic rings. The van der Waals surface area contributed by atoms with Crippen LogP contribution in [0.1, 0.15) is 50.9 Å². The lowest BCUT2D eigenvalue weighted by molar-refractivity contribution is 0.395. The predicted molar refractivity (Wildman–Crippen MR) is 70.9 cm³/mol. The summed E-state index contributed by atoms with van der Waals surface area (Å²) in [6.45, 7) is 10.2. The Hall–Kier alpha value is -0.830. The smallest absolute Gasteiger partial charge is 0.0582 e. The molecule has 1 heterocycles. The minimum atomic E-state index is 0.470. The average Bonchev–Trinajstić information content (AvgIpc) is 2.76. The van der Waals surface area contributed by atoms with E-state index in [-0.39, 0.29) is 0 Å². The van der Waals surface area contributed by atoms with Gasteiger partial charge in [-0.25, -0.2) is 0 Å². The van der Waals surface area contributed by atoms with Gasteiger partial charge in [0.2, 0.25) is 0 Å². The fourth-order valence-corrected chi connectivity index (χ4v) is 2.81. The lowest BCUT2D eigenvalue weighted by Gasteiger charge is -2.21. The van der Waals surface area contributed by atoms with Crippen molar-refractivity contribution in [1.82, 2.24) is 15.1 Å². The standard InChI is InChI=1S/C14H25N3/c1-6-7-15-12(11-8-14(11,3)4)13-10(2)9-16-17(13)5/h9,11-12,15H,6-8H2,1-5H3. The number of nitrogens with zero attached hydrogens (tertiary/aromatic N) is 2. The number of nitrogens with one attached hydrogen (secondary N) is 1. The van der Waals surface area contributed by atoms with Gasteiger partial charge >= 0.3 is 0 Å². The molecule has 0 aliphatic heterocycles. The molecule has 2 atom stereocenters. The minimum Gasteiger partial charge on any atom is -0.308 e.